The van der Waals surface area contributed by atoms with Crippen LogP contribution in [0, 0.1) is 5.92 Å². The van der Waals surface area contributed by atoms with Gasteiger partial charge in [-0.25, -0.2) is 9.79 Å². The maximum atomic E-state index is 13.6. The lowest BCUT2D eigenvalue weighted by atomic mass is 9.96. The van der Waals surface area contributed by atoms with E-state index in [0.717, 1.165) is 16.0 Å². The summed E-state index contributed by atoms with van der Waals surface area (Å²) in [6.07, 6.45) is 3.83. The molecule has 1 aromatic heterocycles. The van der Waals surface area contributed by atoms with Crippen molar-refractivity contribution < 1.29 is 9.53 Å². The van der Waals surface area contributed by atoms with Crippen molar-refractivity contribution in [3.8, 4) is 0 Å². The van der Waals surface area contributed by atoms with E-state index in [1.807, 2.05) is 62.6 Å². The van der Waals surface area contributed by atoms with Crippen LogP contribution < -0.4 is 14.9 Å². The molecule has 4 rings (SSSR count). The number of ether oxygens (including phenoxy) is 1. The molecule has 0 spiro atoms. The lowest BCUT2D eigenvalue weighted by molar-refractivity contribution is -0.140. The summed E-state index contributed by atoms with van der Waals surface area (Å²) in [5.74, 6) is -0.245. The molecular formula is C26H25ClN2O3S2. The standard InChI is InChI=1S/C26H25ClN2O3S2/c1-15(2)14-32-25(31)22-16(3)28-26-29(23(22)18-7-11-20(33-4)12-8-18)24(30)21(34-26)13-17-5-9-19(27)10-6-17/h5-13,15,23H,14H2,1-4H3. The molecule has 1 atom stereocenters. The second-order valence-corrected chi connectivity index (χ2v) is 10.7. The minimum Gasteiger partial charge on any atom is -0.462 e. The van der Waals surface area contributed by atoms with Gasteiger partial charge in [0.05, 0.1) is 28.5 Å². The molecule has 34 heavy (non-hydrogen) atoms. The lowest BCUT2D eigenvalue weighted by Crippen LogP contribution is -2.40. The van der Waals surface area contributed by atoms with E-state index in [2.05, 4.69) is 4.99 Å². The number of esters is 1. The molecule has 8 heteroatoms. The van der Waals surface area contributed by atoms with Crippen molar-refractivity contribution in [2.24, 2.45) is 10.9 Å². The molecule has 2 aromatic carbocycles. The van der Waals surface area contributed by atoms with E-state index < -0.39 is 12.0 Å². The average Bonchev–Trinajstić information content (AvgIpc) is 3.12. The number of fused-ring (bicyclic) bond motifs is 1. The van der Waals surface area contributed by atoms with E-state index >= 15 is 0 Å². The molecule has 5 nitrogen and oxygen atoms in total. The van der Waals surface area contributed by atoms with E-state index in [1.165, 1.54) is 11.3 Å². The van der Waals surface area contributed by atoms with Crippen molar-refractivity contribution in [1.82, 2.24) is 4.57 Å². The summed E-state index contributed by atoms with van der Waals surface area (Å²) in [6, 6.07) is 14.6. The predicted octanol–water partition coefficient (Wildman–Crippen LogP) is 4.81. The van der Waals surface area contributed by atoms with Crippen molar-refractivity contribution in [3.05, 3.63) is 95.6 Å². The van der Waals surface area contributed by atoms with Gasteiger partial charge in [-0.15, -0.1) is 11.8 Å². The molecule has 0 saturated heterocycles. The molecule has 176 valence electrons. The highest BCUT2D eigenvalue weighted by Gasteiger charge is 2.33. The van der Waals surface area contributed by atoms with Crippen LogP contribution in [-0.4, -0.2) is 23.4 Å². The number of halogens is 1. The van der Waals surface area contributed by atoms with Crippen LogP contribution in [-0.2, 0) is 9.53 Å². The van der Waals surface area contributed by atoms with Gasteiger partial charge < -0.3 is 4.74 Å². The first kappa shape index (κ1) is 24.5. The third-order valence-corrected chi connectivity index (χ3v) is 7.37. The highest BCUT2D eigenvalue weighted by atomic mass is 35.5. The molecule has 1 aliphatic rings. The Bertz CT molecular complexity index is 1420. The number of rotatable bonds is 6. The monoisotopic (exact) mass is 512 g/mol. The zero-order chi connectivity index (χ0) is 24.4. The number of thiazole rings is 1. The van der Waals surface area contributed by atoms with Crippen LogP contribution in [0.2, 0.25) is 5.02 Å². The Morgan fingerprint density at radius 2 is 1.88 bits per heavy atom. The number of allylic oxidation sites excluding steroid dienone is 1. The second kappa shape index (κ2) is 10.3. The molecule has 0 aliphatic carbocycles. The number of benzene rings is 2. The van der Waals surface area contributed by atoms with Gasteiger partial charge in [-0.05, 0) is 60.6 Å². The fourth-order valence-corrected chi connectivity index (χ4v) is 5.30. The smallest absolute Gasteiger partial charge is 0.338 e. The Hall–Kier alpha value is -2.61. The highest BCUT2D eigenvalue weighted by molar-refractivity contribution is 7.98. The maximum Gasteiger partial charge on any atom is 0.338 e. The predicted molar refractivity (Wildman–Crippen MR) is 139 cm³/mol. The number of carbonyl (C=O) groups is 1. The Labute approximate surface area is 211 Å². The van der Waals surface area contributed by atoms with E-state index in [1.54, 1.807) is 35.4 Å². The molecule has 0 saturated carbocycles. The molecule has 2 heterocycles. The van der Waals surface area contributed by atoms with Crippen molar-refractivity contribution >= 4 is 46.7 Å². The number of nitrogens with zero attached hydrogens (tertiary/aromatic N) is 2. The zero-order valence-corrected chi connectivity index (χ0v) is 21.8. The van der Waals surface area contributed by atoms with E-state index in [4.69, 9.17) is 16.3 Å². The molecule has 1 unspecified atom stereocenters. The Morgan fingerprint density at radius 1 is 1.21 bits per heavy atom. The van der Waals surface area contributed by atoms with Gasteiger partial charge in [-0.1, -0.05) is 61.1 Å². The van der Waals surface area contributed by atoms with Crippen LogP contribution in [0.25, 0.3) is 6.08 Å². The van der Waals surface area contributed by atoms with Crippen LogP contribution in [0.15, 0.2) is 74.5 Å². The summed E-state index contributed by atoms with van der Waals surface area (Å²) in [4.78, 5) is 33.1. The molecular weight excluding hydrogens is 488 g/mol. The minimum absolute atomic E-state index is 0.195. The van der Waals surface area contributed by atoms with Crippen molar-refractivity contribution in [1.29, 1.82) is 0 Å². The van der Waals surface area contributed by atoms with Crippen molar-refractivity contribution in [2.75, 3.05) is 12.9 Å². The third-order valence-electron chi connectivity index (χ3n) is 5.39. The first-order valence-corrected chi connectivity index (χ1v) is 13.3. The van der Waals surface area contributed by atoms with Gasteiger partial charge in [0, 0.05) is 9.92 Å². The van der Waals surface area contributed by atoms with Crippen molar-refractivity contribution in [3.63, 3.8) is 0 Å². The number of thioether (sulfide) groups is 1. The number of hydrogen-bond donors (Lipinski definition) is 0. The lowest BCUT2D eigenvalue weighted by Gasteiger charge is -2.25. The molecule has 1 aliphatic heterocycles. The Kier molecular flexibility index (Phi) is 7.45. The zero-order valence-electron chi connectivity index (χ0n) is 19.4. The average molecular weight is 513 g/mol. The topological polar surface area (TPSA) is 60.7 Å². The quantitative estimate of drug-likeness (QED) is 0.351. The summed E-state index contributed by atoms with van der Waals surface area (Å²) in [5, 5.41) is 0.632. The fourth-order valence-electron chi connectivity index (χ4n) is 3.71. The van der Waals surface area contributed by atoms with Gasteiger partial charge in [-0.2, -0.15) is 0 Å². The van der Waals surface area contributed by atoms with Crippen molar-refractivity contribution in [2.45, 2.75) is 31.7 Å². The summed E-state index contributed by atoms with van der Waals surface area (Å²) in [5.41, 5.74) is 2.46. The first-order valence-electron chi connectivity index (χ1n) is 10.9. The van der Waals surface area contributed by atoms with Gasteiger partial charge in [-0.3, -0.25) is 9.36 Å². The van der Waals surface area contributed by atoms with Gasteiger partial charge in [0.15, 0.2) is 4.80 Å². The third kappa shape index (κ3) is 5.06. The van der Waals surface area contributed by atoms with E-state index in [0.29, 0.717) is 32.2 Å². The van der Waals surface area contributed by atoms with Crippen LogP contribution in [0.4, 0.5) is 0 Å². The van der Waals surface area contributed by atoms with Crippen LogP contribution in [0.1, 0.15) is 37.9 Å². The summed E-state index contributed by atoms with van der Waals surface area (Å²) in [6.45, 7) is 6.07. The van der Waals surface area contributed by atoms with Crippen LogP contribution in [0.3, 0.4) is 0 Å². The van der Waals surface area contributed by atoms with E-state index in [-0.39, 0.29) is 11.5 Å². The minimum atomic E-state index is -0.612. The normalized spacial score (nSPS) is 15.9. The Balaban J connectivity index is 1.89. The molecule has 0 bridgehead atoms. The SMILES string of the molecule is CSc1ccc(C2C(C(=O)OCC(C)C)=C(C)N=c3sc(=Cc4ccc(Cl)cc4)c(=O)n32)cc1. The first-order chi connectivity index (χ1) is 16.3. The number of aromatic nitrogens is 1. The molecule has 0 N–H and O–H groups in total. The molecule has 3 aromatic rings. The number of carbonyl (C=O) groups excluding carboxylic acids is 1. The largest absolute Gasteiger partial charge is 0.462 e. The maximum absolute atomic E-state index is 13.6. The summed E-state index contributed by atoms with van der Waals surface area (Å²) < 4.78 is 7.73. The van der Waals surface area contributed by atoms with Crippen LogP contribution in [0.5, 0.6) is 0 Å². The Morgan fingerprint density at radius 3 is 2.50 bits per heavy atom. The fraction of sp³-hybridized carbons (Fsp3) is 0.269. The highest BCUT2D eigenvalue weighted by Crippen LogP contribution is 2.31. The van der Waals surface area contributed by atoms with Gasteiger partial charge in [0.25, 0.3) is 5.56 Å². The second-order valence-electron chi connectivity index (χ2n) is 8.40. The summed E-state index contributed by atoms with van der Waals surface area (Å²) >= 11 is 8.94. The molecule has 0 radical (unpaired) electrons. The van der Waals surface area contributed by atoms with Gasteiger partial charge in [0.2, 0.25) is 0 Å². The van der Waals surface area contributed by atoms with Gasteiger partial charge >= 0.3 is 5.97 Å². The van der Waals surface area contributed by atoms with Crippen LogP contribution >= 0.6 is 34.7 Å². The molecule has 0 fully saturated rings. The van der Waals surface area contributed by atoms with E-state index in [9.17, 15) is 9.59 Å². The number of hydrogen-bond acceptors (Lipinski definition) is 6. The van der Waals surface area contributed by atoms with Gasteiger partial charge in [0.1, 0.15) is 0 Å². The summed E-state index contributed by atoms with van der Waals surface area (Å²) in [7, 11) is 0. The molecule has 0 amide bonds.